The third-order valence-electron chi connectivity index (χ3n) is 1.94. The summed E-state index contributed by atoms with van der Waals surface area (Å²) in [5, 5.41) is 0. The van der Waals surface area contributed by atoms with Gasteiger partial charge >= 0.3 is 0 Å². The SMILES string of the molecule is ClCc1ccc(SCc2cncs2)cc1. The molecular weight excluding hydrogens is 246 g/mol. The third kappa shape index (κ3) is 3.23. The number of aromatic nitrogens is 1. The lowest BCUT2D eigenvalue weighted by Crippen LogP contribution is -1.78. The molecule has 0 aliphatic rings. The van der Waals surface area contributed by atoms with Gasteiger partial charge in [-0.15, -0.1) is 34.7 Å². The summed E-state index contributed by atoms with van der Waals surface area (Å²) in [6, 6.07) is 8.37. The van der Waals surface area contributed by atoms with Crippen molar-refractivity contribution in [3.8, 4) is 0 Å². The standard InChI is InChI=1S/C11H10ClNS2/c12-5-9-1-3-10(4-2-9)14-7-11-6-13-8-15-11/h1-4,6,8H,5,7H2. The van der Waals surface area contributed by atoms with E-state index >= 15 is 0 Å². The van der Waals surface area contributed by atoms with Crippen LogP contribution in [-0.2, 0) is 11.6 Å². The molecule has 0 amide bonds. The second-order valence-corrected chi connectivity index (χ2v) is 5.32. The summed E-state index contributed by atoms with van der Waals surface area (Å²) in [6.07, 6.45) is 1.92. The van der Waals surface area contributed by atoms with E-state index in [2.05, 4.69) is 29.2 Å². The molecular formula is C11H10ClNS2. The lowest BCUT2D eigenvalue weighted by atomic mass is 10.2. The van der Waals surface area contributed by atoms with Crippen LogP contribution in [0.25, 0.3) is 0 Å². The Morgan fingerprint density at radius 3 is 2.67 bits per heavy atom. The van der Waals surface area contributed by atoms with E-state index in [4.69, 9.17) is 11.6 Å². The first-order valence-corrected chi connectivity index (χ1v) is 6.93. The molecule has 0 unspecified atom stereocenters. The number of alkyl halides is 1. The van der Waals surface area contributed by atoms with Gasteiger partial charge in [-0.3, -0.25) is 4.98 Å². The first-order chi connectivity index (χ1) is 7.38. The van der Waals surface area contributed by atoms with Crippen LogP contribution in [0.1, 0.15) is 10.4 Å². The summed E-state index contributed by atoms with van der Waals surface area (Å²) in [5.41, 5.74) is 3.03. The average Bonchev–Trinajstić information content (AvgIpc) is 2.80. The van der Waals surface area contributed by atoms with Crippen molar-refractivity contribution in [2.24, 2.45) is 0 Å². The van der Waals surface area contributed by atoms with Crippen LogP contribution in [0.3, 0.4) is 0 Å². The monoisotopic (exact) mass is 255 g/mol. The topological polar surface area (TPSA) is 12.9 Å². The molecule has 0 saturated carbocycles. The predicted molar refractivity (Wildman–Crippen MR) is 67.7 cm³/mol. The van der Waals surface area contributed by atoms with Crippen LogP contribution in [0.15, 0.2) is 40.9 Å². The molecule has 1 nitrogen and oxygen atoms in total. The molecule has 0 fully saturated rings. The molecule has 1 aromatic heterocycles. The van der Waals surface area contributed by atoms with Crippen molar-refractivity contribution in [1.29, 1.82) is 0 Å². The molecule has 0 saturated heterocycles. The molecule has 0 atom stereocenters. The van der Waals surface area contributed by atoms with Gasteiger partial charge in [0.1, 0.15) is 0 Å². The predicted octanol–water partition coefficient (Wildman–Crippen LogP) is 4.17. The van der Waals surface area contributed by atoms with Crippen molar-refractivity contribution in [1.82, 2.24) is 4.98 Å². The van der Waals surface area contributed by atoms with E-state index in [1.165, 1.54) is 15.3 Å². The highest BCUT2D eigenvalue weighted by atomic mass is 35.5. The van der Waals surface area contributed by atoms with E-state index in [-0.39, 0.29) is 0 Å². The Kier molecular flexibility index (Phi) is 4.06. The van der Waals surface area contributed by atoms with Gasteiger partial charge in [0.05, 0.1) is 5.51 Å². The van der Waals surface area contributed by atoms with Crippen LogP contribution < -0.4 is 0 Å². The second-order valence-electron chi connectivity index (χ2n) is 3.03. The Balaban J connectivity index is 1.93. The Morgan fingerprint density at radius 1 is 1.27 bits per heavy atom. The fourth-order valence-electron chi connectivity index (χ4n) is 1.14. The first-order valence-electron chi connectivity index (χ1n) is 4.53. The molecule has 1 heterocycles. The first kappa shape index (κ1) is 11.0. The van der Waals surface area contributed by atoms with Crippen molar-refractivity contribution >= 4 is 34.7 Å². The summed E-state index contributed by atoms with van der Waals surface area (Å²) in [6.45, 7) is 0. The van der Waals surface area contributed by atoms with E-state index in [1.807, 2.05) is 23.5 Å². The Morgan fingerprint density at radius 2 is 2.07 bits per heavy atom. The zero-order chi connectivity index (χ0) is 10.5. The van der Waals surface area contributed by atoms with Gasteiger partial charge < -0.3 is 0 Å². The summed E-state index contributed by atoms with van der Waals surface area (Å²) in [5.74, 6) is 1.57. The molecule has 0 aliphatic heterocycles. The second kappa shape index (κ2) is 5.54. The van der Waals surface area contributed by atoms with Crippen LogP contribution in [0, 0.1) is 0 Å². The number of benzene rings is 1. The maximum Gasteiger partial charge on any atom is 0.0794 e. The van der Waals surface area contributed by atoms with Crippen molar-refractivity contribution in [2.45, 2.75) is 16.5 Å². The molecule has 2 rings (SSSR count). The van der Waals surface area contributed by atoms with Gasteiger partial charge in [-0.05, 0) is 17.7 Å². The molecule has 0 bridgehead atoms. The molecule has 0 spiro atoms. The van der Waals surface area contributed by atoms with Crippen molar-refractivity contribution < 1.29 is 0 Å². The normalized spacial score (nSPS) is 10.5. The van der Waals surface area contributed by atoms with Crippen LogP contribution >= 0.6 is 34.7 Å². The Bertz CT molecular complexity index is 397. The Labute approximate surface area is 103 Å². The largest absolute Gasteiger partial charge is 0.253 e. The molecule has 2 aromatic rings. The van der Waals surface area contributed by atoms with Gasteiger partial charge in [0.25, 0.3) is 0 Å². The number of hydrogen-bond donors (Lipinski definition) is 0. The van der Waals surface area contributed by atoms with E-state index in [0.717, 1.165) is 5.75 Å². The van der Waals surface area contributed by atoms with E-state index < -0.39 is 0 Å². The van der Waals surface area contributed by atoms with Gasteiger partial charge in [0.2, 0.25) is 0 Å². The van der Waals surface area contributed by atoms with Gasteiger partial charge in [-0.2, -0.15) is 0 Å². The highest BCUT2D eigenvalue weighted by Gasteiger charge is 1.98. The quantitative estimate of drug-likeness (QED) is 0.601. The molecule has 1 aromatic carbocycles. The van der Waals surface area contributed by atoms with Crippen LogP contribution in [-0.4, -0.2) is 4.98 Å². The highest BCUT2D eigenvalue weighted by Crippen LogP contribution is 2.24. The molecule has 78 valence electrons. The summed E-state index contributed by atoms with van der Waals surface area (Å²) in [4.78, 5) is 6.63. The van der Waals surface area contributed by atoms with Gasteiger partial charge in [0.15, 0.2) is 0 Å². The number of nitrogens with zero attached hydrogens (tertiary/aromatic N) is 1. The molecule has 0 radical (unpaired) electrons. The molecule has 4 heteroatoms. The van der Waals surface area contributed by atoms with Crippen molar-refractivity contribution in [3.63, 3.8) is 0 Å². The summed E-state index contributed by atoms with van der Waals surface area (Å²) in [7, 11) is 0. The van der Waals surface area contributed by atoms with Crippen LogP contribution in [0.4, 0.5) is 0 Å². The maximum absolute atomic E-state index is 5.72. The van der Waals surface area contributed by atoms with Gasteiger partial charge in [0, 0.05) is 27.6 Å². The number of hydrogen-bond acceptors (Lipinski definition) is 3. The number of thiazole rings is 1. The maximum atomic E-state index is 5.72. The average molecular weight is 256 g/mol. The van der Waals surface area contributed by atoms with Gasteiger partial charge in [-0.25, -0.2) is 0 Å². The smallest absolute Gasteiger partial charge is 0.0794 e. The van der Waals surface area contributed by atoms with Crippen LogP contribution in [0.2, 0.25) is 0 Å². The van der Waals surface area contributed by atoms with Crippen molar-refractivity contribution in [3.05, 3.63) is 46.4 Å². The minimum absolute atomic E-state index is 0.583. The van der Waals surface area contributed by atoms with Gasteiger partial charge in [-0.1, -0.05) is 12.1 Å². The van der Waals surface area contributed by atoms with Crippen molar-refractivity contribution in [2.75, 3.05) is 0 Å². The van der Waals surface area contributed by atoms with E-state index in [0.29, 0.717) is 5.88 Å². The summed E-state index contributed by atoms with van der Waals surface area (Å²) < 4.78 is 0. The zero-order valence-corrected chi connectivity index (χ0v) is 10.4. The van der Waals surface area contributed by atoms with E-state index in [1.54, 1.807) is 11.3 Å². The fraction of sp³-hybridized carbons (Fsp3) is 0.182. The zero-order valence-electron chi connectivity index (χ0n) is 8.02. The molecule has 0 N–H and O–H groups in total. The van der Waals surface area contributed by atoms with E-state index in [9.17, 15) is 0 Å². The Hall–Kier alpha value is -0.510. The highest BCUT2D eigenvalue weighted by molar-refractivity contribution is 7.98. The number of halogens is 1. The number of thioether (sulfide) groups is 1. The third-order valence-corrected chi connectivity index (χ3v) is 4.27. The molecule has 0 aliphatic carbocycles. The van der Waals surface area contributed by atoms with Crippen LogP contribution in [0.5, 0.6) is 0 Å². The minimum atomic E-state index is 0.583. The number of rotatable bonds is 4. The lowest BCUT2D eigenvalue weighted by Gasteiger charge is -2.00. The lowest BCUT2D eigenvalue weighted by molar-refractivity contribution is 1.33. The fourth-order valence-corrected chi connectivity index (χ4v) is 2.86. The summed E-state index contributed by atoms with van der Waals surface area (Å²) >= 11 is 9.25. The molecule has 15 heavy (non-hydrogen) atoms. The minimum Gasteiger partial charge on any atom is -0.253 e.